The second kappa shape index (κ2) is 6.98. The number of nitrogens with zero attached hydrogens (tertiary/aromatic N) is 3. The van der Waals surface area contributed by atoms with E-state index in [0.717, 1.165) is 11.1 Å². The van der Waals surface area contributed by atoms with Gasteiger partial charge in [-0.1, -0.05) is 22.6 Å². The van der Waals surface area contributed by atoms with E-state index < -0.39 is 0 Å². The molecule has 0 aromatic rings. The van der Waals surface area contributed by atoms with Crippen molar-refractivity contribution in [1.29, 1.82) is 0 Å². The smallest absolute Gasteiger partial charge is 0.111 e. The molecule has 10 heavy (non-hydrogen) atoms. The fraction of sp³-hybridized carbons (Fsp3) is 0.667. The van der Waals surface area contributed by atoms with E-state index in [4.69, 9.17) is 0 Å². The summed E-state index contributed by atoms with van der Waals surface area (Å²) in [5.74, 6) is 0. The molecule has 0 bridgehead atoms. The van der Waals surface area contributed by atoms with Crippen LogP contribution in [0.4, 0.5) is 0 Å². The number of halogens is 1. The summed E-state index contributed by atoms with van der Waals surface area (Å²) in [7, 11) is 1.97. The Kier molecular flexibility index (Phi) is 6.89. The van der Waals surface area contributed by atoms with Crippen molar-refractivity contribution in [1.82, 2.24) is 4.90 Å². The minimum Gasteiger partial charge on any atom is -0.356 e. The Bertz CT molecular complexity index is 122. The average molecular weight is 253 g/mol. The summed E-state index contributed by atoms with van der Waals surface area (Å²) in [6.45, 7) is 2.78. The molecule has 0 saturated heterocycles. The van der Waals surface area contributed by atoms with Crippen molar-refractivity contribution >= 4 is 35.3 Å². The minimum absolute atomic E-state index is 0.797. The zero-order chi connectivity index (χ0) is 7.82. The quantitative estimate of drug-likeness (QED) is 0.244. The molecule has 3 nitrogen and oxygen atoms in total. The van der Waals surface area contributed by atoms with Crippen molar-refractivity contribution in [3.8, 4) is 0 Å². The number of rotatable bonds is 4. The molecule has 0 unspecified atom stereocenters. The van der Waals surface area contributed by atoms with Gasteiger partial charge >= 0.3 is 0 Å². The van der Waals surface area contributed by atoms with Gasteiger partial charge in [0.25, 0.3) is 0 Å². The Hall–Kier alpha value is -0.130. The lowest BCUT2D eigenvalue weighted by molar-refractivity contribution is 0.633. The van der Waals surface area contributed by atoms with Crippen molar-refractivity contribution in [3.63, 3.8) is 0 Å². The van der Waals surface area contributed by atoms with Crippen LogP contribution in [0.5, 0.6) is 0 Å². The van der Waals surface area contributed by atoms with Crippen LogP contribution in [0.25, 0.3) is 0 Å². The minimum atomic E-state index is 0.797. The SMILES string of the molecule is CCN=CN=CN(C)CI. The maximum Gasteiger partial charge on any atom is 0.111 e. The Morgan fingerprint density at radius 1 is 1.60 bits per heavy atom. The van der Waals surface area contributed by atoms with Gasteiger partial charge in [0, 0.05) is 13.6 Å². The fourth-order valence-electron chi connectivity index (χ4n) is 0.303. The first-order valence-electron chi connectivity index (χ1n) is 3.09. The summed E-state index contributed by atoms with van der Waals surface area (Å²) in [5.41, 5.74) is 0. The summed E-state index contributed by atoms with van der Waals surface area (Å²) < 4.78 is 0.946. The second-order valence-corrected chi connectivity index (χ2v) is 2.44. The van der Waals surface area contributed by atoms with Crippen molar-refractivity contribution in [2.24, 2.45) is 9.98 Å². The second-order valence-electron chi connectivity index (χ2n) is 1.76. The highest BCUT2D eigenvalue weighted by molar-refractivity contribution is 14.1. The third-order valence-corrected chi connectivity index (χ3v) is 1.86. The monoisotopic (exact) mass is 253 g/mol. The van der Waals surface area contributed by atoms with E-state index >= 15 is 0 Å². The van der Waals surface area contributed by atoms with Crippen molar-refractivity contribution < 1.29 is 0 Å². The lowest BCUT2D eigenvalue weighted by atomic mass is 10.8. The Labute approximate surface area is 75.4 Å². The molecule has 0 aliphatic heterocycles. The van der Waals surface area contributed by atoms with Gasteiger partial charge in [-0.05, 0) is 6.92 Å². The van der Waals surface area contributed by atoms with Crippen LogP contribution in [0, 0.1) is 0 Å². The fourth-order valence-corrected chi connectivity index (χ4v) is 0.479. The summed E-state index contributed by atoms with van der Waals surface area (Å²) in [6, 6.07) is 0. The van der Waals surface area contributed by atoms with Gasteiger partial charge in [0.15, 0.2) is 0 Å². The van der Waals surface area contributed by atoms with Gasteiger partial charge in [0.1, 0.15) is 6.34 Å². The lowest BCUT2D eigenvalue weighted by Crippen LogP contribution is -2.12. The predicted octanol–water partition coefficient (Wildman–Crippen LogP) is 1.39. The Morgan fingerprint density at radius 2 is 2.30 bits per heavy atom. The third-order valence-electron chi connectivity index (χ3n) is 0.783. The molecule has 0 aliphatic rings. The maximum atomic E-state index is 3.94. The van der Waals surface area contributed by atoms with Crippen LogP contribution < -0.4 is 0 Å². The molecule has 0 heterocycles. The molecule has 0 atom stereocenters. The number of alkyl halides is 1. The summed E-state index contributed by atoms with van der Waals surface area (Å²) in [5, 5.41) is 0. The molecule has 0 aromatic carbocycles. The van der Waals surface area contributed by atoms with Gasteiger partial charge < -0.3 is 4.90 Å². The molecule has 0 aromatic heterocycles. The van der Waals surface area contributed by atoms with Crippen LogP contribution in [0.3, 0.4) is 0 Å². The molecule has 58 valence electrons. The highest BCUT2D eigenvalue weighted by Gasteiger charge is 1.81. The zero-order valence-corrected chi connectivity index (χ0v) is 8.45. The van der Waals surface area contributed by atoms with Crippen LogP contribution in [0.2, 0.25) is 0 Å². The van der Waals surface area contributed by atoms with Crippen molar-refractivity contribution in [2.75, 3.05) is 18.1 Å². The van der Waals surface area contributed by atoms with Crippen LogP contribution in [0.15, 0.2) is 9.98 Å². The summed E-state index contributed by atoms with van der Waals surface area (Å²) in [4.78, 5) is 9.84. The predicted molar refractivity (Wildman–Crippen MR) is 54.2 cm³/mol. The van der Waals surface area contributed by atoms with Gasteiger partial charge in [0.05, 0.1) is 10.9 Å². The van der Waals surface area contributed by atoms with E-state index in [0.29, 0.717) is 0 Å². The van der Waals surface area contributed by atoms with Gasteiger partial charge in [-0.3, -0.25) is 4.99 Å². The van der Waals surface area contributed by atoms with Gasteiger partial charge in [-0.25, -0.2) is 4.99 Å². The number of aliphatic imine (C=N–C) groups is 2. The third kappa shape index (κ3) is 6.00. The molecule has 0 fully saturated rings. The number of hydrogen-bond acceptors (Lipinski definition) is 1. The number of hydrogen-bond donors (Lipinski definition) is 0. The zero-order valence-electron chi connectivity index (χ0n) is 6.29. The first-order chi connectivity index (χ1) is 4.81. The normalized spacial score (nSPS) is 11.5. The molecule has 0 spiro atoms. The molecule has 0 aliphatic carbocycles. The molecule has 0 radical (unpaired) electrons. The van der Waals surface area contributed by atoms with E-state index in [-0.39, 0.29) is 0 Å². The van der Waals surface area contributed by atoms with Crippen molar-refractivity contribution in [3.05, 3.63) is 0 Å². The lowest BCUT2D eigenvalue weighted by Gasteiger charge is -2.04. The van der Waals surface area contributed by atoms with Crippen LogP contribution in [-0.2, 0) is 0 Å². The molecule has 0 rings (SSSR count). The van der Waals surface area contributed by atoms with E-state index in [1.807, 2.05) is 18.9 Å². The Balaban J connectivity index is 3.44. The average Bonchev–Trinajstić information content (AvgIpc) is 1.98. The maximum absolute atomic E-state index is 3.94. The molecule has 0 saturated carbocycles. The van der Waals surface area contributed by atoms with E-state index in [1.54, 1.807) is 12.7 Å². The van der Waals surface area contributed by atoms with E-state index in [9.17, 15) is 0 Å². The molecular weight excluding hydrogens is 241 g/mol. The first kappa shape index (κ1) is 9.87. The standard InChI is InChI=1S/C6H12IN3/c1-3-8-5-9-6-10(2)4-7/h5-6H,3-4H2,1-2H3. The van der Waals surface area contributed by atoms with E-state index in [2.05, 4.69) is 32.6 Å². The largest absolute Gasteiger partial charge is 0.356 e. The molecular formula is C6H12IN3. The van der Waals surface area contributed by atoms with Gasteiger partial charge in [-0.2, -0.15) is 0 Å². The van der Waals surface area contributed by atoms with Crippen LogP contribution in [-0.4, -0.2) is 35.7 Å². The van der Waals surface area contributed by atoms with Crippen LogP contribution in [0.1, 0.15) is 6.92 Å². The van der Waals surface area contributed by atoms with Crippen molar-refractivity contribution in [2.45, 2.75) is 6.92 Å². The first-order valence-corrected chi connectivity index (χ1v) is 4.61. The highest BCUT2D eigenvalue weighted by atomic mass is 127. The van der Waals surface area contributed by atoms with Crippen LogP contribution >= 0.6 is 22.6 Å². The molecule has 0 N–H and O–H groups in total. The van der Waals surface area contributed by atoms with Gasteiger partial charge in [-0.15, -0.1) is 0 Å². The topological polar surface area (TPSA) is 28.0 Å². The Morgan fingerprint density at radius 3 is 2.80 bits per heavy atom. The molecule has 0 amide bonds. The van der Waals surface area contributed by atoms with E-state index in [1.165, 1.54) is 0 Å². The highest BCUT2D eigenvalue weighted by Crippen LogP contribution is 1.83. The summed E-state index contributed by atoms with van der Waals surface area (Å²) >= 11 is 2.26. The summed E-state index contributed by atoms with van der Waals surface area (Å²) in [6.07, 6.45) is 3.33. The van der Waals surface area contributed by atoms with Gasteiger partial charge in [0.2, 0.25) is 0 Å². The molecule has 4 heteroatoms.